The van der Waals surface area contributed by atoms with E-state index in [1.54, 1.807) is 10.9 Å². The van der Waals surface area contributed by atoms with Crippen LogP contribution in [0.3, 0.4) is 0 Å². The van der Waals surface area contributed by atoms with Crippen molar-refractivity contribution in [2.24, 2.45) is 5.92 Å². The highest BCUT2D eigenvalue weighted by atomic mass is 16.2. The number of amides is 2. The lowest BCUT2D eigenvalue weighted by Gasteiger charge is -2.24. The zero-order valence-corrected chi connectivity index (χ0v) is 13.1. The predicted octanol–water partition coefficient (Wildman–Crippen LogP) is 1.18. The van der Waals surface area contributed by atoms with E-state index >= 15 is 0 Å². The molecule has 6 heteroatoms. The van der Waals surface area contributed by atoms with Crippen LogP contribution in [0.5, 0.6) is 0 Å². The number of rotatable bonds is 5. The van der Waals surface area contributed by atoms with E-state index in [9.17, 15) is 9.59 Å². The van der Waals surface area contributed by atoms with Gasteiger partial charge in [-0.15, -0.1) is 0 Å². The van der Waals surface area contributed by atoms with Gasteiger partial charge in [0.1, 0.15) is 0 Å². The Morgan fingerprint density at radius 1 is 1.45 bits per heavy atom. The summed E-state index contributed by atoms with van der Waals surface area (Å²) >= 11 is 0. The van der Waals surface area contributed by atoms with Crippen molar-refractivity contribution in [3.05, 3.63) is 18.5 Å². The number of nitrogens with zero attached hydrogens (tertiary/aromatic N) is 3. The minimum absolute atomic E-state index is 0.00281. The summed E-state index contributed by atoms with van der Waals surface area (Å²) in [6.07, 6.45) is 8.55. The maximum atomic E-state index is 12.4. The van der Waals surface area contributed by atoms with Crippen molar-refractivity contribution in [3.8, 4) is 0 Å². The van der Waals surface area contributed by atoms with E-state index in [0.29, 0.717) is 25.6 Å². The van der Waals surface area contributed by atoms with Gasteiger partial charge in [0, 0.05) is 37.4 Å². The molecule has 1 aliphatic carbocycles. The second-order valence-electron chi connectivity index (χ2n) is 6.52. The van der Waals surface area contributed by atoms with E-state index < -0.39 is 0 Å². The SMILES string of the molecule is C[C@@H](Cn1cccn1)NC(=O)[C@H]1CC(=O)N(C2CCCC2)C1. The Hall–Kier alpha value is -1.85. The fourth-order valence-electron chi connectivity index (χ4n) is 3.57. The molecule has 2 aliphatic rings. The van der Waals surface area contributed by atoms with E-state index in [1.807, 2.05) is 24.1 Å². The maximum Gasteiger partial charge on any atom is 0.225 e. The normalized spacial score (nSPS) is 24.0. The van der Waals surface area contributed by atoms with Crippen molar-refractivity contribution >= 4 is 11.8 Å². The summed E-state index contributed by atoms with van der Waals surface area (Å²) in [5.41, 5.74) is 0. The van der Waals surface area contributed by atoms with Crippen molar-refractivity contribution in [2.45, 2.75) is 57.7 Å². The molecule has 1 aromatic rings. The molecule has 2 heterocycles. The van der Waals surface area contributed by atoms with Crippen LogP contribution in [-0.2, 0) is 16.1 Å². The first-order chi connectivity index (χ1) is 10.6. The number of likely N-dealkylation sites (tertiary alicyclic amines) is 1. The fourth-order valence-corrected chi connectivity index (χ4v) is 3.57. The molecule has 2 atom stereocenters. The first-order valence-electron chi connectivity index (χ1n) is 8.21. The van der Waals surface area contributed by atoms with Gasteiger partial charge in [-0.1, -0.05) is 12.8 Å². The van der Waals surface area contributed by atoms with Gasteiger partial charge < -0.3 is 10.2 Å². The molecule has 0 bridgehead atoms. The maximum absolute atomic E-state index is 12.4. The Bertz CT molecular complexity index is 522. The van der Waals surface area contributed by atoms with Crippen LogP contribution in [0, 0.1) is 5.92 Å². The molecule has 3 rings (SSSR count). The van der Waals surface area contributed by atoms with Crippen LogP contribution in [0.2, 0.25) is 0 Å². The summed E-state index contributed by atoms with van der Waals surface area (Å²) in [5.74, 6) is -0.0616. The van der Waals surface area contributed by atoms with E-state index in [-0.39, 0.29) is 23.8 Å². The minimum Gasteiger partial charge on any atom is -0.351 e. The second-order valence-corrected chi connectivity index (χ2v) is 6.52. The summed E-state index contributed by atoms with van der Waals surface area (Å²) in [4.78, 5) is 26.5. The average Bonchev–Trinajstić information content (AvgIpc) is 3.18. The van der Waals surface area contributed by atoms with Gasteiger partial charge in [0.05, 0.1) is 12.5 Å². The van der Waals surface area contributed by atoms with Gasteiger partial charge in [-0.2, -0.15) is 5.10 Å². The van der Waals surface area contributed by atoms with E-state index in [2.05, 4.69) is 10.4 Å². The molecule has 1 saturated heterocycles. The van der Waals surface area contributed by atoms with Gasteiger partial charge in [0.25, 0.3) is 0 Å². The zero-order chi connectivity index (χ0) is 15.5. The number of aromatic nitrogens is 2. The largest absolute Gasteiger partial charge is 0.351 e. The summed E-state index contributed by atoms with van der Waals surface area (Å²) < 4.78 is 1.80. The number of carbonyl (C=O) groups is 2. The van der Waals surface area contributed by atoms with Gasteiger partial charge in [0.15, 0.2) is 0 Å². The summed E-state index contributed by atoms with van der Waals surface area (Å²) in [6.45, 7) is 3.20. The standard InChI is InChI=1S/C16H24N4O2/c1-12(10-19-8-4-7-17-19)18-16(22)13-9-15(21)20(11-13)14-5-2-3-6-14/h4,7-8,12-14H,2-3,5-6,9-11H2,1H3,(H,18,22)/t12-,13-/m0/s1. The summed E-state index contributed by atoms with van der Waals surface area (Å²) in [6, 6.07) is 2.23. The van der Waals surface area contributed by atoms with Crippen LogP contribution in [0.25, 0.3) is 0 Å². The Labute approximate surface area is 130 Å². The predicted molar refractivity (Wildman–Crippen MR) is 81.9 cm³/mol. The Morgan fingerprint density at radius 2 is 2.23 bits per heavy atom. The second kappa shape index (κ2) is 6.50. The van der Waals surface area contributed by atoms with Crippen LogP contribution in [-0.4, -0.2) is 45.1 Å². The molecule has 0 aromatic carbocycles. The van der Waals surface area contributed by atoms with Crippen molar-refractivity contribution in [1.82, 2.24) is 20.0 Å². The van der Waals surface area contributed by atoms with Crippen LogP contribution in [0.15, 0.2) is 18.5 Å². The quantitative estimate of drug-likeness (QED) is 0.888. The van der Waals surface area contributed by atoms with Gasteiger partial charge in [-0.25, -0.2) is 0 Å². The zero-order valence-electron chi connectivity index (χ0n) is 13.1. The van der Waals surface area contributed by atoms with Crippen molar-refractivity contribution in [1.29, 1.82) is 0 Å². The third-order valence-corrected chi connectivity index (χ3v) is 4.70. The van der Waals surface area contributed by atoms with Gasteiger partial charge in [0.2, 0.25) is 11.8 Å². The molecule has 22 heavy (non-hydrogen) atoms. The third kappa shape index (κ3) is 3.31. The molecular formula is C16H24N4O2. The Balaban J connectivity index is 1.51. The fraction of sp³-hybridized carbons (Fsp3) is 0.688. The van der Waals surface area contributed by atoms with Crippen LogP contribution >= 0.6 is 0 Å². The molecule has 0 unspecified atom stereocenters. The molecule has 120 valence electrons. The number of hydrogen-bond acceptors (Lipinski definition) is 3. The highest BCUT2D eigenvalue weighted by molar-refractivity contribution is 5.89. The van der Waals surface area contributed by atoms with Gasteiger partial charge in [-0.05, 0) is 25.8 Å². The Morgan fingerprint density at radius 3 is 2.91 bits per heavy atom. The van der Waals surface area contributed by atoms with E-state index in [4.69, 9.17) is 0 Å². The molecule has 6 nitrogen and oxygen atoms in total. The lowest BCUT2D eigenvalue weighted by atomic mass is 10.1. The lowest BCUT2D eigenvalue weighted by Crippen LogP contribution is -2.41. The van der Waals surface area contributed by atoms with Crippen LogP contribution in [0.1, 0.15) is 39.0 Å². The molecule has 2 fully saturated rings. The third-order valence-electron chi connectivity index (χ3n) is 4.70. The first-order valence-corrected chi connectivity index (χ1v) is 8.21. The molecule has 1 saturated carbocycles. The average molecular weight is 304 g/mol. The molecule has 2 amide bonds. The van der Waals surface area contributed by atoms with Crippen molar-refractivity contribution in [3.63, 3.8) is 0 Å². The summed E-state index contributed by atoms with van der Waals surface area (Å²) in [5, 5.41) is 7.15. The molecule has 1 aliphatic heterocycles. The highest BCUT2D eigenvalue weighted by Gasteiger charge is 2.38. The van der Waals surface area contributed by atoms with Gasteiger partial charge in [-0.3, -0.25) is 14.3 Å². The van der Waals surface area contributed by atoms with Gasteiger partial charge >= 0.3 is 0 Å². The summed E-state index contributed by atoms with van der Waals surface area (Å²) in [7, 11) is 0. The van der Waals surface area contributed by atoms with Crippen LogP contribution < -0.4 is 5.32 Å². The first kappa shape index (κ1) is 15.1. The number of nitrogens with one attached hydrogen (secondary N) is 1. The van der Waals surface area contributed by atoms with E-state index in [0.717, 1.165) is 12.8 Å². The number of hydrogen-bond donors (Lipinski definition) is 1. The Kier molecular flexibility index (Phi) is 4.45. The molecule has 1 N–H and O–H groups in total. The molecule has 1 aromatic heterocycles. The topological polar surface area (TPSA) is 67.2 Å². The highest BCUT2D eigenvalue weighted by Crippen LogP contribution is 2.29. The molecule has 0 spiro atoms. The minimum atomic E-state index is -0.201. The molecule has 0 radical (unpaired) electrons. The van der Waals surface area contributed by atoms with Crippen molar-refractivity contribution in [2.75, 3.05) is 6.54 Å². The van der Waals surface area contributed by atoms with E-state index in [1.165, 1.54) is 12.8 Å². The molecular weight excluding hydrogens is 280 g/mol. The van der Waals surface area contributed by atoms with Crippen LogP contribution in [0.4, 0.5) is 0 Å². The van der Waals surface area contributed by atoms with Crippen molar-refractivity contribution < 1.29 is 9.59 Å². The monoisotopic (exact) mass is 304 g/mol. The lowest BCUT2D eigenvalue weighted by molar-refractivity contribution is -0.130. The number of carbonyl (C=O) groups excluding carboxylic acids is 2. The smallest absolute Gasteiger partial charge is 0.225 e.